The molecule has 0 bridgehead atoms. The first-order valence-corrected chi connectivity index (χ1v) is 5.27. The van der Waals surface area contributed by atoms with Crippen molar-refractivity contribution in [2.24, 2.45) is 5.73 Å². The average molecular weight is 211 g/mol. The predicted molar refractivity (Wildman–Crippen MR) is 57.6 cm³/mol. The zero-order chi connectivity index (χ0) is 10.4. The van der Waals surface area contributed by atoms with Gasteiger partial charge in [-0.05, 0) is 24.3 Å². The van der Waals surface area contributed by atoms with Crippen molar-refractivity contribution in [2.75, 3.05) is 19.4 Å². The lowest BCUT2D eigenvalue weighted by Gasteiger charge is -2.01. The summed E-state index contributed by atoms with van der Waals surface area (Å²) in [7, 11) is 1.37. The molecule has 0 aliphatic heterocycles. The van der Waals surface area contributed by atoms with Gasteiger partial charge in [0.1, 0.15) is 0 Å². The monoisotopic (exact) mass is 211 g/mol. The molecule has 76 valence electrons. The SMILES string of the molecule is COC(=O)c1ccc(SCCN)cc1. The minimum atomic E-state index is -0.305. The second-order valence-corrected chi connectivity index (χ2v) is 3.82. The predicted octanol–water partition coefficient (Wildman–Crippen LogP) is 1.52. The third-order valence-corrected chi connectivity index (χ3v) is 2.71. The van der Waals surface area contributed by atoms with Crippen molar-refractivity contribution in [1.29, 1.82) is 0 Å². The summed E-state index contributed by atoms with van der Waals surface area (Å²) >= 11 is 1.67. The molecule has 0 unspecified atom stereocenters. The molecule has 1 rings (SSSR count). The van der Waals surface area contributed by atoms with Crippen LogP contribution in [0.2, 0.25) is 0 Å². The number of benzene rings is 1. The van der Waals surface area contributed by atoms with Gasteiger partial charge in [-0.25, -0.2) is 4.79 Å². The number of nitrogens with two attached hydrogens (primary N) is 1. The van der Waals surface area contributed by atoms with Crippen molar-refractivity contribution in [2.45, 2.75) is 4.90 Å². The molecule has 0 radical (unpaired) electrons. The first-order chi connectivity index (χ1) is 6.77. The molecule has 0 aliphatic rings. The second-order valence-electron chi connectivity index (χ2n) is 2.65. The smallest absolute Gasteiger partial charge is 0.337 e. The molecule has 14 heavy (non-hydrogen) atoms. The van der Waals surface area contributed by atoms with Gasteiger partial charge in [0.15, 0.2) is 0 Å². The number of ether oxygens (including phenoxy) is 1. The van der Waals surface area contributed by atoms with Crippen LogP contribution in [0.15, 0.2) is 29.2 Å². The molecule has 0 amide bonds. The number of carbonyl (C=O) groups excluding carboxylic acids is 1. The van der Waals surface area contributed by atoms with Gasteiger partial charge in [0.2, 0.25) is 0 Å². The van der Waals surface area contributed by atoms with Crippen LogP contribution in [-0.2, 0) is 4.74 Å². The fourth-order valence-electron chi connectivity index (χ4n) is 0.982. The Balaban J connectivity index is 2.63. The van der Waals surface area contributed by atoms with Crippen LogP contribution in [0.1, 0.15) is 10.4 Å². The standard InChI is InChI=1S/C10H13NO2S/c1-13-10(12)8-2-4-9(5-3-8)14-7-6-11/h2-5H,6-7,11H2,1H3. The Labute approximate surface area is 87.6 Å². The summed E-state index contributed by atoms with van der Waals surface area (Å²) in [6.07, 6.45) is 0. The Hall–Kier alpha value is -1.00. The maximum Gasteiger partial charge on any atom is 0.337 e. The van der Waals surface area contributed by atoms with Gasteiger partial charge in [0, 0.05) is 17.2 Å². The van der Waals surface area contributed by atoms with Crippen LogP contribution in [0.5, 0.6) is 0 Å². The molecule has 0 saturated heterocycles. The Morgan fingerprint density at radius 1 is 1.43 bits per heavy atom. The van der Waals surface area contributed by atoms with Crippen molar-refractivity contribution < 1.29 is 9.53 Å². The van der Waals surface area contributed by atoms with Gasteiger partial charge >= 0.3 is 5.97 Å². The number of hydrogen-bond acceptors (Lipinski definition) is 4. The van der Waals surface area contributed by atoms with Crippen molar-refractivity contribution in [3.63, 3.8) is 0 Å². The number of esters is 1. The van der Waals surface area contributed by atoms with Gasteiger partial charge in [0.05, 0.1) is 12.7 Å². The lowest BCUT2D eigenvalue weighted by atomic mass is 10.2. The molecule has 1 aromatic carbocycles. The summed E-state index contributed by atoms with van der Waals surface area (Å²) in [5, 5.41) is 0. The zero-order valence-corrected chi connectivity index (χ0v) is 8.84. The zero-order valence-electron chi connectivity index (χ0n) is 8.03. The summed E-state index contributed by atoms with van der Waals surface area (Å²) < 4.78 is 4.59. The van der Waals surface area contributed by atoms with Crippen molar-refractivity contribution in [3.05, 3.63) is 29.8 Å². The molecule has 0 heterocycles. The summed E-state index contributed by atoms with van der Waals surface area (Å²) in [4.78, 5) is 12.2. The van der Waals surface area contributed by atoms with Gasteiger partial charge < -0.3 is 10.5 Å². The Morgan fingerprint density at radius 3 is 2.57 bits per heavy atom. The third-order valence-electron chi connectivity index (χ3n) is 1.66. The molecule has 0 atom stereocenters. The molecule has 4 heteroatoms. The van der Waals surface area contributed by atoms with E-state index < -0.39 is 0 Å². The first kappa shape index (κ1) is 11.1. The van der Waals surface area contributed by atoms with Crippen LogP contribution in [0.3, 0.4) is 0 Å². The van der Waals surface area contributed by atoms with Crippen molar-refractivity contribution in [1.82, 2.24) is 0 Å². The van der Waals surface area contributed by atoms with Crippen LogP contribution in [-0.4, -0.2) is 25.4 Å². The fourth-order valence-corrected chi connectivity index (χ4v) is 1.66. The Bertz CT molecular complexity index is 297. The number of hydrogen-bond donors (Lipinski definition) is 1. The van der Waals surface area contributed by atoms with E-state index in [2.05, 4.69) is 4.74 Å². The maximum absolute atomic E-state index is 11.1. The first-order valence-electron chi connectivity index (χ1n) is 4.29. The van der Waals surface area contributed by atoms with E-state index in [1.807, 2.05) is 12.1 Å². The number of thioether (sulfide) groups is 1. The molecule has 3 nitrogen and oxygen atoms in total. The minimum absolute atomic E-state index is 0.305. The van der Waals surface area contributed by atoms with Gasteiger partial charge in [-0.3, -0.25) is 0 Å². The van der Waals surface area contributed by atoms with Crippen LogP contribution < -0.4 is 5.73 Å². The number of methoxy groups -OCH3 is 1. The summed E-state index contributed by atoms with van der Waals surface area (Å²) in [5.41, 5.74) is 5.95. The van der Waals surface area contributed by atoms with Gasteiger partial charge in [-0.2, -0.15) is 0 Å². The van der Waals surface area contributed by atoms with Crippen LogP contribution in [0.25, 0.3) is 0 Å². The molecule has 0 spiro atoms. The molecular formula is C10H13NO2S. The Kier molecular flexibility index (Phi) is 4.49. The highest BCUT2D eigenvalue weighted by Gasteiger charge is 2.03. The van der Waals surface area contributed by atoms with Crippen LogP contribution in [0.4, 0.5) is 0 Å². The molecule has 1 aromatic rings. The number of carbonyl (C=O) groups is 1. The Morgan fingerprint density at radius 2 is 2.07 bits per heavy atom. The second kappa shape index (κ2) is 5.67. The van der Waals surface area contributed by atoms with E-state index in [9.17, 15) is 4.79 Å². The number of rotatable bonds is 4. The minimum Gasteiger partial charge on any atom is -0.465 e. The van der Waals surface area contributed by atoms with E-state index in [-0.39, 0.29) is 5.97 Å². The quantitative estimate of drug-likeness (QED) is 0.606. The highest BCUT2D eigenvalue weighted by Crippen LogP contribution is 2.17. The van der Waals surface area contributed by atoms with E-state index >= 15 is 0 Å². The fraction of sp³-hybridized carbons (Fsp3) is 0.300. The molecule has 0 aromatic heterocycles. The normalized spacial score (nSPS) is 9.86. The molecule has 2 N–H and O–H groups in total. The highest BCUT2D eigenvalue weighted by atomic mass is 32.2. The molecule has 0 aliphatic carbocycles. The van der Waals surface area contributed by atoms with Crippen molar-refractivity contribution >= 4 is 17.7 Å². The van der Waals surface area contributed by atoms with Gasteiger partial charge in [-0.15, -0.1) is 11.8 Å². The molecular weight excluding hydrogens is 198 g/mol. The lowest BCUT2D eigenvalue weighted by molar-refractivity contribution is 0.0600. The largest absolute Gasteiger partial charge is 0.465 e. The van der Waals surface area contributed by atoms with E-state index in [1.54, 1.807) is 23.9 Å². The van der Waals surface area contributed by atoms with E-state index in [0.29, 0.717) is 12.1 Å². The summed E-state index contributed by atoms with van der Waals surface area (Å²) in [5.74, 6) is 0.581. The van der Waals surface area contributed by atoms with E-state index in [4.69, 9.17) is 5.73 Å². The third kappa shape index (κ3) is 3.05. The van der Waals surface area contributed by atoms with Crippen LogP contribution in [0, 0.1) is 0 Å². The van der Waals surface area contributed by atoms with Gasteiger partial charge in [0.25, 0.3) is 0 Å². The molecule has 0 fully saturated rings. The summed E-state index contributed by atoms with van der Waals surface area (Å²) in [6, 6.07) is 7.30. The molecule has 0 saturated carbocycles. The average Bonchev–Trinajstić information content (AvgIpc) is 2.26. The van der Waals surface area contributed by atoms with Crippen LogP contribution >= 0.6 is 11.8 Å². The van der Waals surface area contributed by atoms with Gasteiger partial charge in [-0.1, -0.05) is 0 Å². The topological polar surface area (TPSA) is 52.3 Å². The van der Waals surface area contributed by atoms with Crippen molar-refractivity contribution in [3.8, 4) is 0 Å². The highest BCUT2D eigenvalue weighted by molar-refractivity contribution is 7.99. The summed E-state index contributed by atoms with van der Waals surface area (Å²) in [6.45, 7) is 0.656. The van der Waals surface area contributed by atoms with E-state index in [1.165, 1.54) is 7.11 Å². The van der Waals surface area contributed by atoms with E-state index in [0.717, 1.165) is 10.6 Å². The maximum atomic E-state index is 11.1. The lowest BCUT2D eigenvalue weighted by Crippen LogP contribution is -2.02.